The van der Waals surface area contributed by atoms with Crippen LogP contribution in [0.5, 0.6) is 5.75 Å². The van der Waals surface area contributed by atoms with E-state index in [1.807, 2.05) is 12.1 Å². The maximum absolute atomic E-state index is 13.0. The number of aliphatic imine (C=N–C) groups is 3. The number of carbonyl (C=O) groups excluding carboxylic acids is 1. The van der Waals surface area contributed by atoms with Gasteiger partial charge in [-0.2, -0.15) is 0 Å². The molecule has 10 nitrogen and oxygen atoms in total. The zero-order valence-electron chi connectivity index (χ0n) is 18.9. The van der Waals surface area contributed by atoms with E-state index in [0.29, 0.717) is 41.3 Å². The third-order valence-electron chi connectivity index (χ3n) is 6.74. The van der Waals surface area contributed by atoms with Gasteiger partial charge in [-0.3, -0.25) is 14.8 Å². The summed E-state index contributed by atoms with van der Waals surface area (Å²) < 4.78 is 5.30. The zero-order chi connectivity index (χ0) is 23.8. The number of nitrogens with one attached hydrogen (secondary N) is 3. The lowest BCUT2D eigenvalue weighted by atomic mass is 9.66. The number of aromatic amines is 2. The fraction of sp³-hybridized carbons (Fsp3) is 0.333. The minimum Gasteiger partial charge on any atom is -0.497 e. The third kappa shape index (κ3) is 3.01. The molecule has 1 saturated carbocycles. The van der Waals surface area contributed by atoms with E-state index in [4.69, 9.17) is 9.73 Å². The summed E-state index contributed by atoms with van der Waals surface area (Å²) in [5.41, 5.74) is 2.74. The Bertz CT molecular complexity index is 1500. The van der Waals surface area contributed by atoms with Gasteiger partial charge in [0.2, 0.25) is 0 Å². The first-order valence-electron chi connectivity index (χ1n) is 11.0. The van der Waals surface area contributed by atoms with Gasteiger partial charge in [0, 0.05) is 28.6 Å². The summed E-state index contributed by atoms with van der Waals surface area (Å²) in [5.74, 6) is 0.353. The Hall–Kier alpha value is -4.08. The molecule has 1 fully saturated rings. The molecule has 0 bridgehead atoms. The number of aromatic nitrogens is 2. The van der Waals surface area contributed by atoms with Crippen LogP contribution >= 0.6 is 0 Å². The largest absolute Gasteiger partial charge is 0.497 e. The van der Waals surface area contributed by atoms with Gasteiger partial charge >= 0.3 is 11.7 Å². The van der Waals surface area contributed by atoms with Crippen LogP contribution in [0.2, 0.25) is 0 Å². The van der Waals surface area contributed by atoms with Crippen molar-refractivity contribution >= 4 is 29.1 Å². The Morgan fingerprint density at radius 3 is 2.35 bits per heavy atom. The molecule has 3 aliphatic heterocycles. The van der Waals surface area contributed by atoms with Crippen molar-refractivity contribution in [2.75, 3.05) is 7.11 Å². The number of carbonyl (C=O) groups is 1. The number of methoxy groups -OCH3 is 1. The Kier molecular flexibility index (Phi) is 4.20. The molecule has 1 aromatic carbocycles. The van der Waals surface area contributed by atoms with Gasteiger partial charge in [0.1, 0.15) is 11.6 Å². The number of ether oxygens (including phenoxy) is 1. The van der Waals surface area contributed by atoms with Crippen molar-refractivity contribution in [3.05, 3.63) is 67.5 Å². The number of nitrogens with zero attached hydrogens (tertiary/aromatic N) is 3. The molecule has 0 radical (unpaired) electrons. The normalized spacial score (nSPS) is 24.1. The number of fused-ring (bicyclic) bond motifs is 2. The van der Waals surface area contributed by atoms with Crippen LogP contribution in [0.1, 0.15) is 43.7 Å². The van der Waals surface area contributed by atoms with E-state index in [9.17, 15) is 14.4 Å². The van der Waals surface area contributed by atoms with Crippen molar-refractivity contribution < 1.29 is 9.53 Å². The van der Waals surface area contributed by atoms with Crippen molar-refractivity contribution in [2.24, 2.45) is 26.3 Å². The second kappa shape index (κ2) is 6.96. The SMILES string of the molecule is COc1ccc(C2C3=C4NC(=O)N=C5CC(C)(C)CC(=NC3=Nc3[nH]c(=O)[nH]c(=O)c32)C54)cc1. The average Bonchev–Trinajstić information content (AvgIpc) is 2.76. The number of allylic oxidation sites excluding steroid dienone is 1. The molecule has 4 aliphatic rings. The van der Waals surface area contributed by atoms with E-state index in [0.717, 1.165) is 17.0 Å². The summed E-state index contributed by atoms with van der Waals surface area (Å²) in [5, 5.41) is 2.94. The van der Waals surface area contributed by atoms with Crippen molar-refractivity contribution in [3.8, 4) is 5.75 Å². The van der Waals surface area contributed by atoms with E-state index in [1.165, 1.54) is 0 Å². The van der Waals surface area contributed by atoms with Gasteiger partial charge in [-0.1, -0.05) is 26.0 Å². The lowest BCUT2D eigenvalue weighted by Crippen LogP contribution is -2.50. The molecule has 0 saturated heterocycles. The Labute approximate surface area is 193 Å². The van der Waals surface area contributed by atoms with E-state index >= 15 is 0 Å². The molecule has 3 N–H and O–H groups in total. The van der Waals surface area contributed by atoms with Crippen LogP contribution < -0.4 is 21.3 Å². The molecule has 10 heteroatoms. The molecule has 1 aromatic heterocycles. The minimum atomic E-state index is -0.641. The van der Waals surface area contributed by atoms with Crippen molar-refractivity contribution in [2.45, 2.75) is 32.6 Å². The molecule has 2 atom stereocenters. The number of hydrogen-bond donors (Lipinski definition) is 3. The highest BCUT2D eigenvalue weighted by Gasteiger charge is 2.48. The number of hydrogen-bond acceptors (Lipinski definition) is 6. The lowest BCUT2D eigenvalue weighted by Gasteiger charge is -2.43. The lowest BCUT2D eigenvalue weighted by molar-refractivity contribution is 0.249. The molecule has 172 valence electrons. The maximum Gasteiger partial charge on any atom is 0.345 e. The van der Waals surface area contributed by atoms with Gasteiger partial charge in [-0.15, -0.1) is 0 Å². The third-order valence-corrected chi connectivity index (χ3v) is 6.74. The fourth-order valence-electron chi connectivity index (χ4n) is 5.46. The molecule has 34 heavy (non-hydrogen) atoms. The monoisotopic (exact) mass is 458 g/mol. The molecular formula is C24H22N6O4. The predicted octanol–water partition coefficient (Wildman–Crippen LogP) is 2.56. The van der Waals surface area contributed by atoms with E-state index < -0.39 is 23.2 Å². The highest BCUT2D eigenvalue weighted by Crippen LogP contribution is 2.47. The van der Waals surface area contributed by atoms with Crippen LogP contribution in [0, 0.1) is 11.3 Å². The highest BCUT2D eigenvalue weighted by molar-refractivity contribution is 6.24. The van der Waals surface area contributed by atoms with Gasteiger partial charge in [0.05, 0.1) is 18.6 Å². The summed E-state index contributed by atoms with van der Waals surface area (Å²) in [6.45, 7) is 4.24. The molecule has 2 unspecified atom stereocenters. The first-order chi connectivity index (χ1) is 16.2. The van der Waals surface area contributed by atoms with E-state index in [2.05, 4.69) is 39.1 Å². The molecule has 2 aromatic rings. The minimum absolute atomic E-state index is 0.109. The van der Waals surface area contributed by atoms with Crippen LogP contribution in [0.25, 0.3) is 0 Å². The number of H-pyrrole nitrogens is 2. The van der Waals surface area contributed by atoms with E-state index in [-0.39, 0.29) is 17.2 Å². The molecule has 1 aliphatic carbocycles. The first kappa shape index (κ1) is 20.5. The van der Waals surface area contributed by atoms with Gasteiger partial charge in [-0.05, 0) is 36.0 Å². The van der Waals surface area contributed by atoms with Crippen LogP contribution in [0.15, 0.2) is 60.1 Å². The number of amidine groups is 1. The van der Waals surface area contributed by atoms with Gasteiger partial charge in [0.15, 0.2) is 5.84 Å². The maximum atomic E-state index is 13.0. The number of amides is 2. The summed E-state index contributed by atoms with van der Waals surface area (Å²) >= 11 is 0. The van der Waals surface area contributed by atoms with Crippen LogP contribution in [0.3, 0.4) is 0 Å². The number of urea groups is 1. The second-order valence-corrected chi connectivity index (χ2v) is 9.73. The fourth-order valence-corrected chi connectivity index (χ4v) is 5.46. The summed E-state index contributed by atoms with van der Waals surface area (Å²) in [6, 6.07) is 6.88. The average molecular weight is 458 g/mol. The number of dihydropyridines is 1. The van der Waals surface area contributed by atoms with Crippen LogP contribution in [-0.2, 0) is 0 Å². The molecule has 4 heterocycles. The van der Waals surface area contributed by atoms with Gasteiger partial charge < -0.3 is 10.1 Å². The number of rotatable bonds is 2. The Morgan fingerprint density at radius 2 is 1.65 bits per heavy atom. The number of benzene rings is 1. The molecule has 0 spiro atoms. The van der Waals surface area contributed by atoms with E-state index in [1.54, 1.807) is 19.2 Å². The smallest absolute Gasteiger partial charge is 0.345 e. The topological polar surface area (TPSA) is 141 Å². The summed E-state index contributed by atoms with van der Waals surface area (Å²) in [6.07, 6.45) is 1.39. The van der Waals surface area contributed by atoms with Crippen molar-refractivity contribution in [1.82, 2.24) is 15.3 Å². The zero-order valence-corrected chi connectivity index (χ0v) is 18.9. The predicted molar refractivity (Wildman–Crippen MR) is 127 cm³/mol. The quantitative estimate of drug-likeness (QED) is 0.636. The van der Waals surface area contributed by atoms with Gasteiger partial charge in [-0.25, -0.2) is 24.6 Å². The molecule has 6 rings (SSSR count). The van der Waals surface area contributed by atoms with Crippen LogP contribution in [0.4, 0.5) is 10.6 Å². The first-order valence-corrected chi connectivity index (χ1v) is 11.0. The second-order valence-electron chi connectivity index (χ2n) is 9.73. The Balaban J connectivity index is 1.66. The van der Waals surface area contributed by atoms with Gasteiger partial charge in [0.25, 0.3) is 5.56 Å². The van der Waals surface area contributed by atoms with Crippen molar-refractivity contribution in [3.63, 3.8) is 0 Å². The summed E-state index contributed by atoms with van der Waals surface area (Å²) in [7, 11) is 1.58. The van der Waals surface area contributed by atoms with Crippen molar-refractivity contribution in [1.29, 1.82) is 0 Å². The summed E-state index contributed by atoms with van der Waals surface area (Å²) in [4.78, 5) is 56.5. The molecular weight excluding hydrogens is 436 g/mol. The van der Waals surface area contributed by atoms with Crippen LogP contribution in [-0.4, -0.2) is 40.4 Å². The Morgan fingerprint density at radius 1 is 0.941 bits per heavy atom. The standard InChI is InChI=1S/C24H22N6O4/c1-24(2)8-12-15-13(9-24)26-22(32)27-18(15)16-14(10-4-6-11(34-3)7-5-10)17-20(28-19(16)25-12)29-23(33)30-21(17)31/h4-7,14-15H,8-9H2,1-3H3,(H,27,32)(H2,29,30,31,33). The molecule has 2 amide bonds. The highest BCUT2D eigenvalue weighted by atomic mass is 16.5.